The quantitative estimate of drug-likeness (QED) is 0.776. The molecule has 0 aromatic heterocycles. The highest BCUT2D eigenvalue weighted by atomic mass is 32.2. The lowest BCUT2D eigenvalue weighted by molar-refractivity contribution is -0.122. The second kappa shape index (κ2) is 9.20. The predicted molar refractivity (Wildman–Crippen MR) is 107 cm³/mol. The Morgan fingerprint density at radius 2 is 1.63 bits per heavy atom. The van der Waals surface area contributed by atoms with Crippen LogP contribution in [0, 0.1) is 6.92 Å². The molecular formula is C21H32N2O3S. The molecule has 1 aliphatic heterocycles. The van der Waals surface area contributed by atoms with E-state index in [1.54, 1.807) is 16.4 Å². The van der Waals surface area contributed by atoms with E-state index in [0.29, 0.717) is 11.4 Å². The van der Waals surface area contributed by atoms with Crippen LogP contribution in [0.15, 0.2) is 29.2 Å². The lowest BCUT2D eigenvalue weighted by Gasteiger charge is -2.34. The Labute approximate surface area is 163 Å². The van der Waals surface area contributed by atoms with Crippen LogP contribution in [-0.2, 0) is 14.8 Å². The van der Waals surface area contributed by atoms with Crippen LogP contribution < -0.4 is 5.32 Å². The zero-order chi connectivity index (χ0) is 19.3. The van der Waals surface area contributed by atoms with Crippen molar-refractivity contribution >= 4 is 15.9 Å². The van der Waals surface area contributed by atoms with Gasteiger partial charge in [-0.15, -0.1) is 0 Å². The van der Waals surface area contributed by atoms with E-state index in [9.17, 15) is 13.2 Å². The fraction of sp³-hybridized carbons (Fsp3) is 0.667. The van der Waals surface area contributed by atoms with E-state index in [4.69, 9.17) is 0 Å². The molecule has 2 aliphatic rings. The maximum Gasteiger partial charge on any atom is 0.243 e. The van der Waals surface area contributed by atoms with Gasteiger partial charge in [0.05, 0.1) is 4.90 Å². The summed E-state index contributed by atoms with van der Waals surface area (Å²) in [6.07, 6.45) is 9.77. The molecule has 0 spiro atoms. The van der Waals surface area contributed by atoms with Crippen LogP contribution in [0.25, 0.3) is 0 Å². The SMILES string of the molecule is Cc1ccc(S(=O)(=O)N2CCCC[C@H]2CC(=O)NC2CCCCCC2)cc1. The summed E-state index contributed by atoms with van der Waals surface area (Å²) in [6, 6.07) is 7.00. The molecule has 6 heteroatoms. The number of hydrogen-bond donors (Lipinski definition) is 1. The Kier molecular flexibility index (Phi) is 6.93. The van der Waals surface area contributed by atoms with E-state index < -0.39 is 10.0 Å². The second-order valence-corrected chi connectivity index (χ2v) is 9.93. The molecule has 1 aromatic carbocycles. The Morgan fingerprint density at radius 1 is 1.00 bits per heavy atom. The van der Waals surface area contributed by atoms with Crippen molar-refractivity contribution in [1.29, 1.82) is 0 Å². The number of sulfonamides is 1. The minimum absolute atomic E-state index is 0.00194. The third kappa shape index (κ3) is 5.32. The zero-order valence-electron chi connectivity index (χ0n) is 16.3. The summed E-state index contributed by atoms with van der Waals surface area (Å²) in [4.78, 5) is 12.9. The molecule has 0 unspecified atom stereocenters. The third-order valence-corrected chi connectivity index (χ3v) is 7.81. The number of nitrogens with zero attached hydrogens (tertiary/aromatic N) is 1. The Morgan fingerprint density at radius 3 is 2.30 bits per heavy atom. The summed E-state index contributed by atoms with van der Waals surface area (Å²) in [5.74, 6) is -0.00194. The van der Waals surface area contributed by atoms with Crippen molar-refractivity contribution < 1.29 is 13.2 Å². The number of benzene rings is 1. The molecule has 1 saturated heterocycles. The fourth-order valence-corrected chi connectivity index (χ4v) is 5.96. The molecule has 1 aliphatic carbocycles. The third-order valence-electron chi connectivity index (χ3n) is 5.84. The van der Waals surface area contributed by atoms with E-state index in [-0.39, 0.29) is 24.4 Å². The van der Waals surface area contributed by atoms with Gasteiger partial charge in [-0.1, -0.05) is 49.8 Å². The molecule has 1 saturated carbocycles. The van der Waals surface area contributed by atoms with Gasteiger partial charge in [-0.05, 0) is 44.7 Å². The van der Waals surface area contributed by atoms with Gasteiger partial charge in [0.15, 0.2) is 0 Å². The molecule has 150 valence electrons. The molecule has 5 nitrogen and oxygen atoms in total. The molecule has 1 aromatic rings. The molecule has 0 radical (unpaired) electrons. The standard InChI is InChI=1S/C21H32N2O3S/c1-17-11-13-20(14-12-17)27(25,26)23-15-7-6-10-19(23)16-21(24)22-18-8-4-2-3-5-9-18/h11-14,18-19H,2-10,15-16H2,1H3,(H,22,24)/t19-/m0/s1. The summed E-state index contributed by atoms with van der Waals surface area (Å²) in [5, 5.41) is 3.16. The fourth-order valence-electron chi connectivity index (χ4n) is 4.26. The van der Waals surface area contributed by atoms with Crippen molar-refractivity contribution in [3.63, 3.8) is 0 Å². The van der Waals surface area contributed by atoms with Gasteiger partial charge in [0, 0.05) is 25.0 Å². The lowest BCUT2D eigenvalue weighted by Crippen LogP contribution is -2.47. The Hall–Kier alpha value is -1.40. The molecule has 0 bridgehead atoms. The molecule has 1 heterocycles. The zero-order valence-corrected chi connectivity index (χ0v) is 17.1. The number of piperidine rings is 1. The van der Waals surface area contributed by atoms with Crippen LogP contribution in [0.5, 0.6) is 0 Å². The summed E-state index contributed by atoms with van der Waals surface area (Å²) in [7, 11) is -3.56. The van der Waals surface area contributed by atoms with Gasteiger partial charge in [-0.25, -0.2) is 8.42 Å². The van der Waals surface area contributed by atoms with Crippen molar-refractivity contribution in [3.8, 4) is 0 Å². The minimum Gasteiger partial charge on any atom is -0.353 e. The number of rotatable bonds is 5. The van der Waals surface area contributed by atoms with Gasteiger partial charge in [-0.2, -0.15) is 4.31 Å². The number of carbonyl (C=O) groups excluding carboxylic acids is 1. The first-order chi connectivity index (χ1) is 13.0. The van der Waals surface area contributed by atoms with E-state index in [2.05, 4.69) is 5.32 Å². The van der Waals surface area contributed by atoms with Gasteiger partial charge < -0.3 is 5.32 Å². The Balaban J connectivity index is 1.67. The van der Waals surface area contributed by atoms with Crippen molar-refractivity contribution in [3.05, 3.63) is 29.8 Å². The van der Waals surface area contributed by atoms with Crippen LogP contribution in [-0.4, -0.2) is 37.3 Å². The monoisotopic (exact) mass is 392 g/mol. The highest BCUT2D eigenvalue weighted by Gasteiger charge is 2.34. The van der Waals surface area contributed by atoms with Gasteiger partial charge in [0.25, 0.3) is 0 Å². The maximum absolute atomic E-state index is 13.1. The summed E-state index contributed by atoms with van der Waals surface area (Å²) in [5.41, 5.74) is 1.03. The number of amides is 1. The molecule has 2 fully saturated rings. The number of aryl methyl sites for hydroxylation is 1. The first kappa shape index (κ1) is 20.3. The molecule has 1 atom stereocenters. The topological polar surface area (TPSA) is 66.5 Å². The van der Waals surface area contributed by atoms with Crippen LogP contribution in [0.2, 0.25) is 0 Å². The smallest absolute Gasteiger partial charge is 0.243 e. The van der Waals surface area contributed by atoms with Crippen LogP contribution in [0.4, 0.5) is 0 Å². The first-order valence-corrected chi connectivity index (χ1v) is 11.8. The average Bonchev–Trinajstić information content (AvgIpc) is 2.91. The Bertz CT molecular complexity index is 722. The maximum atomic E-state index is 13.1. The van der Waals surface area contributed by atoms with Crippen molar-refractivity contribution in [2.75, 3.05) is 6.54 Å². The van der Waals surface area contributed by atoms with Gasteiger partial charge in [0.1, 0.15) is 0 Å². The first-order valence-electron chi connectivity index (χ1n) is 10.3. The van der Waals surface area contributed by atoms with Crippen molar-refractivity contribution in [2.45, 2.75) is 88.1 Å². The van der Waals surface area contributed by atoms with Gasteiger partial charge in [0.2, 0.25) is 15.9 Å². The van der Waals surface area contributed by atoms with E-state index in [0.717, 1.165) is 37.7 Å². The highest BCUT2D eigenvalue weighted by molar-refractivity contribution is 7.89. The number of carbonyl (C=O) groups is 1. The van der Waals surface area contributed by atoms with Crippen molar-refractivity contribution in [2.24, 2.45) is 0 Å². The predicted octanol–water partition coefficient (Wildman–Crippen LogP) is 3.77. The minimum atomic E-state index is -3.56. The highest BCUT2D eigenvalue weighted by Crippen LogP contribution is 2.27. The molecule has 1 N–H and O–H groups in total. The summed E-state index contributed by atoms with van der Waals surface area (Å²) >= 11 is 0. The molecular weight excluding hydrogens is 360 g/mol. The van der Waals surface area contributed by atoms with Crippen molar-refractivity contribution in [1.82, 2.24) is 9.62 Å². The van der Waals surface area contributed by atoms with Crippen LogP contribution in [0.1, 0.15) is 69.8 Å². The normalized spacial score (nSPS) is 22.9. The molecule has 1 amide bonds. The van der Waals surface area contributed by atoms with E-state index >= 15 is 0 Å². The number of nitrogens with one attached hydrogen (secondary N) is 1. The lowest BCUT2D eigenvalue weighted by atomic mass is 10.0. The summed E-state index contributed by atoms with van der Waals surface area (Å²) in [6.45, 7) is 2.44. The van der Waals surface area contributed by atoms with Gasteiger partial charge in [-0.3, -0.25) is 4.79 Å². The van der Waals surface area contributed by atoms with Gasteiger partial charge >= 0.3 is 0 Å². The molecule has 27 heavy (non-hydrogen) atoms. The van der Waals surface area contributed by atoms with E-state index in [1.165, 1.54) is 25.7 Å². The summed E-state index contributed by atoms with van der Waals surface area (Å²) < 4.78 is 27.8. The van der Waals surface area contributed by atoms with E-state index in [1.807, 2.05) is 19.1 Å². The second-order valence-electron chi connectivity index (χ2n) is 8.04. The number of hydrogen-bond acceptors (Lipinski definition) is 3. The molecule has 3 rings (SSSR count). The van der Waals surface area contributed by atoms with Crippen LogP contribution >= 0.6 is 0 Å². The van der Waals surface area contributed by atoms with Crippen LogP contribution in [0.3, 0.4) is 0 Å². The largest absolute Gasteiger partial charge is 0.353 e. The average molecular weight is 393 g/mol.